The SMILES string of the molecule is CC[C@H]1OC(O[C@H]2CC[C@@]3(C)C(=CCC4C3CC[C@@]3(C)C4CC[C@@H]3/C(C)=N/OC3CCCCC3)C2)C=C[C@@H]1C. The van der Waals surface area contributed by atoms with Gasteiger partial charge in [-0.3, -0.25) is 0 Å². The Kier molecular flexibility index (Phi) is 8.10. The van der Waals surface area contributed by atoms with Gasteiger partial charge in [-0.25, -0.2) is 0 Å². The van der Waals surface area contributed by atoms with E-state index in [1.54, 1.807) is 5.57 Å². The average molecular weight is 538 g/mol. The molecule has 218 valence electrons. The number of nitrogens with zero attached hydrogens (tertiary/aromatic N) is 1. The summed E-state index contributed by atoms with van der Waals surface area (Å²) >= 11 is 0. The van der Waals surface area contributed by atoms with E-state index >= 15 is 0 Å². The molecule has 5 aliphatic carbocycles. The second-order valence-corrected chi connectivity index (χ2v) is 14.7. The van der Waals surface area contributed by atoms with Gasteiger partial charge in [-0.15, -0.1) is 0 Å². The van der Waals surface area contributed by atoms with Crippen molar-refractivity contribution in [2.75, 3.05) is 0 Å². The molecule has 0 aromatic carbocycles. The zero-order valence-corrected chi connectivity index (χ0v) is 25.5. The predicted molar refractivity (Wildman–Crippen MR) is 158 cm³/mol. The Hall–Kier alpha value is -1.13. The quantitative estimate of drug-likeness (QED) is 0.193. The van der Waals surface area contributed by atoms with Crippen LogP contribution in [0.3, 0.4) is 0 Å². The van der Waals surface area contributed by atoms with Crippen molar-refractivity contribution in [2.24, 2.45) is 45.6 Å². The molecule has 0 aromatic rings. The summed E-state index contributed by atoms with van der Waals surface area (Å²) in [5.41, 5.74) is 3.69. The van der Waals surface area contributed by atoms with Gasteiger partial charge in [0, 0.05) is 11.8 Å². The highest BCUT2D eigenvalue weighted by Gasteiger charge is 2.59. The lowest BCUT2D eigenvalue weighted by Crippen LogP contribution is -2.51. The third-order valence-electron chi connectivity index (χ3n) is 12.7. The van der Waals surface area contributed by atoms with Crippen LogP contribution in [0.5, 0.6) is 0 Å². The van der Waals surface area contributed by atoms with Gasteiger partial charge in [0.25, 0.3) is 0 Å². The average Bonchev–Trinajstić information content (AvgIpc) is 3.31. The van der Waals surface area contributed by atoms with Crippen molar-refractivity contribution in [3.63, 3.8) is 0 Å². The second-order valence-electron chi connectivity index (χ2n) is 14.7. The van der Waals surface area contributed by atoms with Gasteiger partial charge in [0.1, 0.15) is 6.10 Å². The molecular formula is C35H55NO3. The van der Waals surface area contributed by atoms with E-state index in [1.807, 2.05) is 0 Å². The zero-order chi connectivity index (χ0) is 27.2. The van der Waals surface area contributed by atoms with Crippen LogP contribution in [0.25, 0.3) is 0 Å². The molecule has 4 unspecified atom stereocenters. The number of hydrogen-bond donors (Lipinski definition) is 0. The number of oxime groups is 1. The fraction of sp³-hybridized carbons (Fsp3) is 0.857. The molecule has 1 aliphatic heterocycles. The van der Waals surface area contributed by atoms with Crippen LogP contribution >= 0.6 is 0 Å². The van der Waals surface area contributed by atoms with E-state index < -0.39 is 0 Å². The Morgan fingerprint density at radius 1 is 0.974 bits per heavy atom. The summed E-state index contributed by atoms with van der Waals surface area (Å²) in [6.07, 6.45) is 25.4. The standard InChI is InChI=1S/C35H55NO3/c1-6-32-23(2)12-17-33(38-32)37-27-18-20-34(4)25(22-27)13-14-28-30-16-15-29(35(30,5)21-19-31(28)34)24(3)36-39-26-10-8-7-9-11-26/h12-13,17,23,26-33H,6-11,14-16,18-22H2,1-5H3/b36-24+/t23-,27-,28?,29+,30?,31?,32+,33?,34-,35+/m0/s1. The molecule has 4 saturated carbocycles. The first kappa shape index (κ1) is 28.0. The van der Waals surface area contributed by atoms with E-state index in [4.69, 9.17) is 19.5 Å². The molecule has 0 radical (unpaired) electrons. The van der Waals surface area contributed by atoms with Crippen LogP contribution in [0, 0.1) is 40.4 Å². The van der Waals surface area contributed by atoms with E-state index in [0.29, 0.717) is 28.8 Å². The molecule has 4 fully saturated rings. The number of allylic oxidation sites excluding steroid dienone is 1. The first-order valence-electron chi connectivity index (χ1n) is 16.7. The molecule has 0 saturated heterocycles. The number of fused-ring (bicyclic) bond motifs is 5. The molecule has 6 aliphatic rings. The van der Waals surface area contributed by atoms with E-state index in [1.165, 1.54) is 76.3 Å². The fourth-order valence-corrected chi connectivity index (χ4v) is 10.3. The smallest absolute Gasteiger partial charge is 0.177 e. The Bertz CT molecular complexity index is 965. The molecule has 4 nitrogen and oxygen atoms in total. The van der Waals surface area contributed by atoms with E-state index in [-0.39, 0.29) is 18.5 Å². The van der Waals surface area contributed by atoms with Crippen molar-refractivity contribution in [1.82, 2.24) is 0 Å². The van der Waals surface area contributed by atoms with Gasteiger partial charge in [-0.2, -0.15) is 0 Å². The number of hydrogen-bond acceptors (Lipinski definition) is 4. The van der Waals surface area contributed by atoms with Crippen LogP contribution in [-0.2, 0) is 14.3 Å². The molecule has 0 amide bonds. The van der Waals surface area contributed by atoms with Crippen molar-refractivity contribution in [1.29, 1.82) is 0 Å². The van der Waals surface area contributed by atoms with Gasteiger partial charge in [-0.05, 0) is 125 Å². The maximum atomic E-state index is 6.56. The predicted octanol–water partition coefficient (Wildman–Crippen LogP) is 9.00. The molecule has 10 atom stereocenters. The lowest BCUT2D eigenvalue weighted by atomic mass is 9.47. The minimum absolute atomic E-state index is 0.171. The summed E-state index contributed by atoms with van der Waals surface area (Å²) in [6.45, 7) is 11.9. The summed E-state index contributed by atoms with van der Waals surface area (Å²) in [7, 11) is 0. The van der Waals surface area contributed by atoms with Crippen LogP contribution in [-0.4, -0.2) is 30.3 Å². The van der Waals surface area contributed by atoms with Crippen LogP contribution in [0.4, 0.5) is 0 Å². The summed E-state index contributed by atoms with van der Waals surface area (Å²) < 4.78 is 12.9. The molecular weight excluding hydrogens is 482 g/mol. The third kappa shape index (κ3) is 5.20. The largest absolute Gasteiger partial charge is 0.393 e. The Balaban J connectivity index is 1.11. The summed E-state index contributed by atoms with van der Waals surface area (Å²) in [5, 5.41) is 4.80. The van der Waals surface area contributed by atoms with Crippen molar-refractivity contribution >= 4 is 5.71 Å². The van der Waals surface area contributed by atoms with Crippen LogP contribution in [0.15, 0.2) is 29.0 Å². The third-order valence-corrected chi connectivity index (χ3v) is 12.7. The Labute approximate surface area is 238 Å². The summed E-state index contributed by atoms with van der Waals surface area (Å²) in [5.74, 6) is 3.53. The molecule has 6 rings (SSSR count). The highest BCUT2D eigenvalue weighted by molar-refractivity contribution is 5.85. The number of ether oxygens (including phenoxy) is 2. The van der Waals surface area contributed by atoms with Gasteiger partial charge in [0.05, 0.1) is 17.9 Å². The maximum absolute atomic E-state index is 6.56. The zero-order valence-electron chi connectivity index (χ0n) is 25.5. The Morgan fingerprint density at radius 3 is 2.59 bits per heavy atom. The highest BCUT2D eigenvalue weighted by Crippen LogP contribution is 2.66. The van der Waals surface area contributed by atoms with Crippen LogP contribution < -0.4 is 0 Å². The molecule has 0 aromatic heterocycles. The van der Waals surface area contributed by atoms with Gasteiger partial charge in [-0.1, -0.05) is 57.0 Å². The molecule has 39 heavy (non-hydrogen) atoms. The van der Waals surface area contributed by atoms with E-state index in [9.17, 15) is 0 Å². The maximum Gasteiger partial charge on any atom is 0.177 e. The molecule has 4 heteroatoms. The minimum Gasteiger partial charge on any atom is -0.393 e. The van der Waals surface area contributed by atoms with Crippen molar-refractivity contribution in [2.45, 2.75) is 149 Å². The lowest BCUT2D eigenvalue weighted by molar-refractivity contribution is -0.188. The van der Waals surface area contributed by atoms with Crippen molar-refractivity contribution < 1.29 is 14.3 Å². The molecule has 1 heterocycles. The van der Waals surface area contributed by atoms with Crippen LogP contribution in [0.1, 0.15) is 125 Å². The van der Waals surface area contributed by atoms with E-state index in [2.05, 4.69) is 52.8 Å². The van der Waals surface area contributed by atoms with E-state index in [0.717, 1.165) is 37.0 Å². The monoisotopic (exact) mass is 537 g/mol. The second kappa shape index (κ2) is 11.3. The topological polar surface area (TPSA) is 40.0 Å². The summed E-state index contributed by atoms with van der Waals surface area (Å²) in [6, 6.07) is 0. The minimum atomic E-state index is -0.171. The van der Waals surface area contributed by atoms with Gasteiger partial charge >= 0.3 is 0 Å². The highest BCUT2D eigenvalue weighted by atomic mass is 16.7. The fourth-order valence-electron chi connectivity index (χ4n) is 10.3. The van der Waals surface area contributed by atoms with Crippen molar-refractivity contribution in [3.05, 3.63) is 23.8 Å². The van der Waals surface area contributed by atoms with Crippen molar-refractivity contribution in [3.8, 4) is 0 Å². The molecule has 0 spiro atoms. The molecule has 0 N–H and O–H groups in total. The first-order chi connectivity index (χ1) is 18.8. The van der Waals surface area contributed by atoms with Gasteiger partial charge < -0.3 is 14.3 Å². The number of rotatable bonds is 6. The summed E-state index contributed by atoms with van der Waals surface area (Å²) in [4.78, 5) is 6.11. The van der Waals surface area contributed by atoms with Gasteiger partial charge in [0.2, 0.25) is 0 Å². The normalized spacial score (nSPS) is 46.7. The lowest BCUT2D eigenvalue weighted by Gasteiger charge is -2.58. The molecule has 0 bridgehead atoms. The van der Waals surface area contributed by atoms with Gasteiger partial charge in [0.15, 0.2) is 6.29 Å². The first-order valence-corrected chi connectivity index (χ1v) is 16.7. The Morgan fingerprint density at radius 2 is 1.79 bits per heavy atom. The van der Waals surface area contributed by atoms with Crippen LogP contribution in [0.2, 0.25) is 0 Å².